The minimum atomic E-state index is -5.33. The predicted molar refractivity (Wildman–Crippen MR) is 73.2 cm³/mol. The maximum Gasteiger partial charge on any atom is 0.426 e. The number of nitrogens with one attached hydrogen (secondary N) is 1. The molecule has 1 atom stereocenters. The molecule has 1 rings (SSSR count). The number of benzene rings is 1. The maximum absolute atomic E-state index is 12.8. The number of aliphatic hydroxyl groups is 1. The van der Waals surface area contributed by atoms with E-state index in [4.69, 9.17) is 0 Å². The fraction of sp³-hybridized carbons (Fsp3) is 0.417. The van der Waals surface area contributed by atoms with Gasteiger partial charge < -0.3 is 5.11 Å². The normalized spacial score (nSPS) is 15.2. The molecule has 1 amide bonds. The maximum atomic E-state index is 12.8. The SMILES string of the molecule is CCNS(=O)(=O)N(C(=O)C(C)(O)C(F)(F)F)c1ccccc1. The van der Waals surface area contributed by atoms with Gasteiger partial charge in [-0.2, -0.15) is 30.6 Å². The number of carbonyl (C=O) groups excluding carboxylic acids is 1. The van der Waals surface area contributed by atoms with Crippen LogP contribution in [0.25, 0.3) is 0 Å². The number of hydrogen-bond donors (Lipinski definition) is 2. The standard InChI is InChI=1S/C12H15F3N2O4S/c1-3-16-22(20,21)17(9-7-5-4-6-8-9)10(18)11(2,19)12(13,14)15/h4-8,16,19H,3H2,1-2H3. The highest BCUT2D eigenvalue weighted by atomic mass is 32.2. The molecular weight excluding hydrogens is 325 g/mol. The largest absolute Gasteiger partial charge is 0.426 e. The van der Waals surface area contributed by atoms with Crippen molar-refractivity contribution in [1.82, 2.24) is 4.72 Å². The third-order valence-electron chi connectivity index (χ3n) is 2.71. The molecule has 124 valence electrons. The van der Waals surface area contributed by atoms with E-state index in [-0.39, 0.29) is 23.5 Å². The van der Waals surface area contributed by atoms with Crippen molar-refractivity contribution >= 4 is 21.8 Å². The van der Waals surface area contributed by atoms with Crippen LogP contribution in [0.2, 0.25) is 0 Å². The molecule has 10 heteroatoms. The highest BCUT2D eigenvalue weighted by Gasteiger charge is 2.59. The molecule has 6 nitrogen and oxygen atoms in total. The topological polar surface area (TPSA) is 86.7 Å². The minimum Gasteiger partial charge on any atom is -0.373 e. The predicted octanol–water partition coefficient (Wildman–Crippen LogP) is 1.19. The van der Waals surface area contributed by atoms with Crippen molar-refractivity contribution in [2.75, 3.05) is 10.8 Å². The van der Waals surface area contributed by atoms with Crippen LogP contribution in [0.4, 0.5) is 18.9 Å². The van der Waals surface area contributed by atoms with Crippen molar-refractivity contribution in [3.05, 3.63) is 30.3 Å². The van der Waals surface area contributed by atoms with Crippen LogP contribution in [0.15, 0.2) is 30.3 Å². The molecule has 0 saturated carbocycles. The highest BCUT2D eigenvalue weighted by Crippen LogP contribution is 2.33. The lowest BCUT2D eigenvalue weighted by molar-refractivity contribution is -0.243. The smallest absolute Gasteiger partial charge is 0.373 e. The summed E-state index contributed by atoms with van der Waals surface area (Å²) in [6, 6.07) is 6.46. The van der Waals surface area contributed by atoms with Gasteiger partial charge in [0.05, 0.1) is 5.69 Å². The second kappa shape index (κ2) is 6.23. The molecule has 0 aliphatic heterocycles. The lowest BCUT2D eigenvalue weighted by Gasteiger charge is -2.31. The molecule has 0 aliphatic carbocycles. The summed E-state index contributed by atoms with van der Waals surface area (Å²) in [6.45, 7) is 1.45. The van der Waals surface area contributed by atoms with Crippen molar-refractivity contribution in [1.29, 1.82) is 0 Å². The molecule has 0 radical (unpaired) electrons. The van der Waals surface area contributed by atoms with Gasteiger partial charge in [-0.05, 0) is 19.1 Å². The minimum absolute atomic E-state index is 0.0933. The summed E-state index contributed by atoms with van der Waals surface area (Å²) in [7, 11) is -4.59. The van der Waals surface area contributed by atoms with Crippen molar-refractivity contribution in [2.45, 2.75) is 25.6 Å². The Morgan fingerprint density at radius 1 is 1.27 bits per heavy atom. The van der Waals surface area contributed by atoms with Gasteiger partial charge in [0.1, 0.15) is 0 Å². The van der Waals surface area contributed by atoms with E-state index in [1.807, 2.05) is 4.72 Å². The lowest BCUT2D eigenvalue weighted by atomic mass is 10.1. The summed E-state index contributed by atoms with van der Waals surface area (Å²) >= 11 is 0. The van der Waals surface area contributed by atoms with Gasteiger partial charge in [0, 0.05) is 6.54 Å². The van der Waals surface area contributed by atoms with E-state index in [0.717, 1.165) is 12.1 Å². The first-order chi connectivity index (χ1) is 9.95. The van der Waals surface area contributed by atoms with Crippen LogP contribution in [0, 0.1) is 0 Å². The van der Waals surface area contributed by atoms with Crippen molar-refractivity contribution in [3.63, 3.8) is 0 Å². The molecule has 0 spiro atoms. The zero-order valence-electron chi connectivity index (χ0n) is 11.8. The Balaban J connectivity index is 3.44. The molecular formula is C12H15F3N2O4S. The van der Waals surface area contributed by atoms with E-state index < -0.39 is 27.9 Å². The van der Waals surface area contributed by atoms with Gasteiger partial charge in [-0.3, -0.25) is 4.79 Å². The van der Waals surface area contributed by atoms with E-state index >= 15 is 0 Å². The van der Waals surface area contributed by atoms with Gasteiger partial charge in [-0.1, -0.05) is 25.1 Å². The number of nitrogens with zero attached hydrogens (tertiary/aromatic N) is 1. The Morgan fingerprint density at radius 2 is 1.77 bits per heavy atom. The molecule has 1 aromatic carbocycles. The zero-order chi connectivity index (χ0) is 17.2. The fourth-order valence-corrected chi connectivity index (χ4v) is 2.78. The highest BCUT2D eigenvalue weighted by molar-refractivity contribution is 7.91. The van der Waals surface area contributed by atoms with E-state index in [1.54, 1.807) is 0 Å². The van der Waals surface area contributed by atoms with Crippen molar-refractivity contribution in [3.8, 4) is 0 Å². The first kappa shape index (κ1) is 18.4. The Labute approximate surface area is 125 Å². The molecule has 2 N–H and O–H groups in total. The van der Waals surface area contributed by atoms with Crippen LogP contribution in [-0.2, 0) is 15.0 Å². The van der Waals surface area contributed by atoms with Gasteiger partial charge in [-0.25, -0.2) is 0 Å². The summed E-state index contributed by atoms with van der Waals surface area (Å²) in [4.78, 5) is 12.1. The van der Waals surface area contributed by atoms with Crippen LogP contribution in [0.3, 0.4) is 0 Å². The summed E-state index contributed by atoms with van der Waals surface area (Å²) in [6.07, 6.45) is -5.33. The number of para-hydroxylation sites is 1. The number of hydrogen-bond acceptors (Lipinski definition) is 4. The summed E-state index contributed by atoms with van der Waals surface area (Å²) in [5.41, 5.74) is -4.18. The monoisotopic (exact) mass is 340 g/mol. The fourth-order valence-electron chi connectivity index (χ4n) is 1.49. The second-order valence-corrected chi connectivity index (χ2v) is 6.08. The molecule has 0 fully saturated rings. The first-order valence-electron chi connectivity index (χ1n) is 6.13. The number of halogens is 3. The molecule has 0 saturated heterocycles. The van der Waals surface area contributed by atoms with E-state index in [2.05, 4.69) is 0 Å². The average molecular weight is 340 g/mol. The number of carbonyl (C=O) groups is 1. The number of amides is 1. The molecule has 1 unspecified atom stereocenters. The number of rotatable bonds is 5. The molecule has 0 bridgehead atoms. The number of anilines is 1. The van der Waals surface area contributed by atoms with Crippen LogP contribution in [0.5, 0.6) is 0 Å². The number of alkyl halides is 3. The lowest BCUT2D eigenvalue weighted by Crippen LogP contribution is -2.59. The molecule has 0 heterocycles. The zero-order valence-corrected chi connectivity index (χ0v) is 12.6. The van der Waals surface area contributed by atoms with Crippen molar-refractivity contribution < 1.29 is 31.5 Å². The van der Waals surface area contributed by atoms with Crippen molar-refractivity contribution in [2.24, 2.45) is 0 Å². The average Bonchev–Trinajstić information content (AvgIpc) is 2.38. The Bertz CT molecular complexity index is 630. The van der Waals surface area contributed by atoms with E-state index in [0.29, 0.717) is 0 Å². The van der Waals surface area contributed by atoms with Crippen LogP contribution in [-0.4, -0.2) is 37.8 Å². The van der Waals surface area contributed by atoms with Crippen LogP contribution >= 0.6 is 0 Å². The summed E-state index contributed by atoms with van der Waals surface area (Å²) in [5.74, 6) is -2.02. The summed E-state index contributed by atoms with van der Waals surface area (Å²) < 4.78 is 64.4. The van der Waals surface area contributed by atoms with E-state index in [1.165, 1.54) is 25.1 Å². The van der Waals surface area contributed by atoms with E-state index in [9.17, 15) is 31.5 Å². The van der Waals surface area contributed by atoms with Crippen LogP contribution < -0.4 is 9.03 Å². The molecule has 22 heavy (non-hydrogen) atoms. The second-order valence-electron chi connectivity index (χ2n) is 4.48. The third-order valence-corrected chi connectivity index (χ3v) is 4.22. The van der Waals surface area contributed by atoms with Gasteiger partial charge in [0.2, 0.25) is 5.60 Å². The van der Waals surface area contributed by atoms with Gasteiger partial charge in [0.25, 0.3) is 5.91 Å². The molecule has 0 aliphatic rings. The Kier molecular flexibility index (Phi) is 5.21. The Hall–Kier alpha value is -1.65. The Morgan fingerprint density at radius 3 is 2.18 bits per heavy atom. The van der Waals surface area contributed by atoms with Gasteiger partial charge in [0.15, 0.2) is 0 Å². The third kappa shape index (κ3) is 3.57. The quantitative estimate of drug-likeness (QED) is 0.843. The molecule has 0 aromatic heterocycles. The molecule has 1 aromatic rings. The van der Waals surface area contributed by atoms with Gasteiger partial charge in [-0.15, -0.1) is 0 Å². The van der Waals surface area contributed by atoms with Gasteiger partial charge >= 0.3 is 16.4 Å². The van der Waals surface area contributed by atoms with Crippen LogP contribution in [0.1, 0.15) is 13.8 Å². The first-order valence-corrected chi connectivity index (χ1v) is 7.57. The summed E-state index contributed by atoms with van der Waals surface area (Å²) in [5, 5.41) is 9.47.